The van der Waals surface area contributed by atoms with Crippen LogP contribution in [-0.2, 0) is 22.4 Å². The van der Waals surface area contributed by atoms with E-state index in [-0.39, 0.29) is 17.8 Å². The molecule has 2 rings (SSSR count). The lowest BCUT2D eigenvalue weighted by Gasteiger charge is -2.10. The molecule has 0 bridgehead atoms. The van der Waals surface area contributed by atoms with E-state index in [1.54, 1.807) is 6.92 Å². The highest BCUT2D eigenvalue weighted by Crippen LogP contribution is 2.37. The molecule has 1 N–H and O–H groups in total. The van der Waals surface area contributed by atoms with Gasteiger partial charge in [-0.05, 0) is 38.2 Å². The largest absolute Gasteiger partial charge is 0.462 e. The first kappa shape index (κ1) is 20.2. The van der Waals surface area contributed by atoms with Gasteiger partial charge in [0.1, 0.15) is 10.9 Å². The highest BCUT2D eigenvalue weighted by Gasteiger charge is 2.25. The number of aryl methyl sites for hydroxylation is 1. The Morgan fingerprint density at radius 2 is 1.64 bits per heavy atom. The van der Waals surface area contributed by atoms with E-state index in [1.165, 1.54) is 54.7 Å². The number of rotatable bonds is 4. The number of halogens is 1. The SMILES string of the molecule is CCOC(=O)c1c(NC(=O)CCl)sc2c1CCCCCCCCCC2. The summed E-state index contributed by atoms with van der Waals surface area (Å²) in [6.45, 7) is 2.13. The van der Waals surface area contributed by atoms with E-state index in [4.69, 9.17) is 16.3 Å². The van der Waals surface area contributed by atoms with Crippen molar-refractivity contribution < 1.29 is 14.3 Å². The zero-order valence-electron chi connectivity index (χ0n) is 15.0. The molecular formula is C19H28ClNO3S. The number of hydrogen-bond acceptors (Lipinski definition) is 4. The molecule has 1 aromatic rings. The number of carbonyl (C=O) groups excluding carboxylic acids is 2. The fraction of sp³-hybridized carbons (Fsp3) is 0.684. The molecule has 1 amide bonds. The number of hydrogen-bond donors (Lipinski definition) is 1. The van der Waals surface area contributed by atoms with Gasteiger partial charge < -0.3 is 10.1 Å². The number of anilines is 1. The summed E-state index contributed by atoms with van der Waals surface area (Å²) in [6, 6.07) is 0. The first-order valence-corrected chi connectivity index (χ1v) is 10.7. The zero-order valence-corrected chi connectivity index (χ0v) is 16.6. The number of fused-ring (bicyclic) bond motifs is 1. The highest BCUT2D eigenvalue weighted by molar-refractivity contribution is 7.17. The third-order valence-electron chi connectivity index (χ3n) is 4.53. The first-order valence-electron chi connectivity index (χ1n) is 9.34. The molecule has 4 nitrogen and oxygen atoms in total. The lowest BCUT2D eigenvalue weighted by molar-refractivity contribution is -0.113. The smallest absolute Gasteiger partial charge is 0.341 e. The number of carbonyl (C=O) groups is 2. The normalized spacial score (nSPS) is 16.2. The van der Waals surface area contributed by atoms with Gasteiger partial charge in [-0.25, -0.2) is 4.79 Å². The standard InChI is InChI=1S/C19H28ClNO3S/c1-2-24-19(23)17-14-11-9-7-5-3-4-6-8-10-12-15(14)25-18(17)21-16(22)13-20/h2-13H2,1H3,(H,21,22). The van der Waals surface area contributed by atoms with Crippen LogP contribution in [0, 0.1) is 0 Å². The Morgan fingerprint density at radius 1 is 1.04 bits per heavy atom. The number of thiophene rings is 1. The van der Waals surface area contributed by atoms with E-state index in [0.717, 1.165) is 31.2 Å². The van der Waals surface area contributed by atoms with Crippen LogP contribution in [0.3, 0.4) is 0 Å². The summed E-state index contributed by atoms with van der Waals surface area (Å²) in [5, 5.41) is 3.40. The minimum atomic E-state index is -0.336. The molecule has 1 aromatic heterocycles. The first-order chi connectivity index (χ1) is 12.2. The van der Waals surface area contributed by atoms with Gasteiger partial charge in [0.15, 0.2) is 0 Å². The molecule has 1 aliphatic rings. The Balaban J connectivity index is 2.33. The van der Waals surface area contributed by atoms with Gasteiger partial charge in [-0.2, -0.15) is 0 Å². The van der Waals surface area contributed by atoms with Crippen molar-refractivity contribution in [2.75, 3.05) is 17.8 Å². The summed E-state index contributed by atoms with van der Waals surface area (Å²) in [6.07, 6.45) is 11.6. The summed E-state index contributed by atoms with van der Waals surface area (Å²) < 4.78 is 5.26. The maximum absolute atomic E-state index is 12.5. The Kier molecular flexibility index (Phi) is 8.76. The fourth-order valence-electron chi connectivity index (χ4n) is 3.29. The van der Waals surface area contributed by atoms with Crippen LogP contribution in [0.5, 0.6) is 0 Å². The van der Waals surface area contributed by atoms with Gasteiger partial charge >= 0.3 is 5.97 Å². The third kappa shape index (κ3) is 6.00. The van der Waals surface area contributed by atoms with Crippen LogP contribution in [0.15, 0.2) is 0 Å². The molecule has 0 spiro atoms. The third-order valence-corrected chi connectivity index (χ3v) is 5.98. The van der Waals surface area contributed by atoms with Gasteiger partial charge in [-0.1, -0.05) is 38.5 Å². The maximum atomic E-state index is 12.5. The Labute approximate surface area is 159 Å². The predicted octanol–water partition coefficient (Wildman–Crippen LogP) is 5.32. The molecule has 1 aliphatic carbocycles. The van der Waals surface area contributed by atoms with E-state index in [1.807, 2.05) is 0 Å². The summed E-state index contributed by atoms with van der Waals surface area (Å²) in [4.78, 5) is 25.5. The van der Waals surface area contributed by atoms with Crippen LogP contribution in [-0.4, -0.2) is 24.4 Å². The summed E-state index contributed by atoms with van der Waals surface area (Å²) in [5.41, 5.74) is 1.63. The average Bonchev–Trinajstić information content (AvgIpc) is 2.92. The number of ether oxygens (including phenoxy) is 1. The summed E-state index contributed by atoms with van der Waals surface area (Å²) >= 11 is 7.15. The van der Waals surface area contributed by atoms with Crippen molar-refractivity contribution in [3.8, 4) is 0 Å². The van der Waals surface area contributed by atoms with Crippen LogP contribution in [0.2, 0.25) is 0 Å². The van der Waals surface area contributed by atoms with Crippen molar-refractivity contribution in [2.24, 2.45) is 0 Å². The Morgan fingerprint density at radius 3 is 2.24 bits per heavy atom. The molecule has 0 unspecified atom stereocenters. The van der Waals surface area contributed by atoms with E-state index >= 15 is 0 Å². The monoisotopic (exact) mass is 385 g/mol. The molecule has 6 heteroatoms. The van der Waals surface area contributed by atoms with Crippen LogP contribution in [0.4, 0.5) is 5.00 Å². The van der Waals surface area contributed by atoms with E-state index < -0.39 is 0 Å². The number of esters is 1. The van der Waals surface area contributed by atoms with Crippen molar-refractivity contribution in [1.82, 2.24) is 0 Å². The van der Waals surface area contributed by atoms with Gasteiger partial charge in [-0.15, -0.1) is 22.9 Å². The fourth-order valence-corrected chi connectivity index (χ4v) is 4.65. The molecule has 0 atom stereocenters. The van der Waals surface area contributed by atoms with Gasteiger partial charge in [-0.3, -0.25) is 4.79 Å². The van der Waals surface area contributed by atoms with Crippen molar-refractivity contribution in [3.05, 3.63) is 16.0 Å². The molecule has 0 saturated heterocycles. The maximum Gasteiger partial charge on any atom is 0.341 e. The molecule has 0 fully saturated rings. The second kappa shape index (κ2) is 10.8. The van der Waals surface area contributed by atoms with Crippen molar-refractivity contribution >= 4 is 39.8 Å². The van der Waals surface area contributed by atoms with Gasteiger partial charge in [0, 0.05) is 4.88 Å². The molecule has 0 saturated carbocycles. The van der Waals surface area contributed by atoms with Gasteiger partial charge in [0.2, 0.25) is 5.91 Å². The van der Waals surface area contributed by atoms with Crippen molar-refractivity contribution in [3.63, 3.8) is 0 Å². The topological polar surface area (TPSA) is 55.4 Å². The molecule has 140 valence electrons. The molecule has 25 heavy (non-hydrogen) atoms. The van der Waals surface area contributed by atoms with Crippen LogP contribution in [0.1, 0.15) is 79.1 Å². The van der Waals surface area contributed by atoms with Gasteiger partial charge in [0.05, 0.1) is 12.2 Å². The lowest BCUT2D eigenvalue weighted by Crippen LogP contribution is -2.16. The highest BCUT2D eigenvalue weighted by atomic mass is 35.5. The molecule has 0 aliphatic heterocycles. The zero-order chi connectivity index (χ0) is 18.1. The summed E-state index contributed by atoms with van der Waals surface area (Å²) in [7, 11) is 0. The minimum Gasteiger partial charge on any atom is -0.462 e. The van der Waals surface area contributed by atoms with Crippen molar-refractivity contribution in [1.29, 1.82) is 0 Å². The minimum absolute atomic E-state index is 0.120. The number of nitrogens with one attached hydrogen (secondary N) is 1. The number of alkyl halides is 1. The number of amides is 1. The van der Waals surface area contributed by atoms with Crippen molar-refractivity contribution in [2.45, 2.75) is 71.1 Å². The van der Waals surface area contributed by atoms with Crippen LogP contribution < -0.4 is 5.32 Å². The van der Waals surface area contributed by atoms with Crippen LogP contribution >= 0.6 is 22.9 Å². The predicted molar refractivity (Wildman–Crippen MR) is 104 cm³/mol. The second-order valence-electron chi connectivity index (χ2n) is 6.44. The molecule has 1 heterocycles. The quantitative estimate of drug-likeness (QED) is 0.563. The average molecular weight is 386 g/mol. The summed E-state index contributed by atoms with van der Waals surface area (Å²) in [5.74, 6) is -0.744. The lowest BCUT2D eigenvalue weighted by atomic mass is 9.97. The van der Waals surface area contributed by atoms with E-state index in [0.29, 0.717) is 17.2 Å². The Hall–Kier alpha value is -1.07. The van der Waals surface area contributed by atoms with E-state index in [2.05, 4.69) is 5.32 Å². The van der Waals surface area contributed by atoms with E-state index in [9.17, 15) is 9.59 Å². The second-order valence-corrected chi connectivity index (χ2v) is 7.81. The van der Waals surface area contributed by atoms with Crippen LogP contribution in [0.25, 0.3) is 0 Å². The van der Waals surface area contributed by atoms with Gasteiger partial charge in [0.25, 0.3) is 0 Å². The molecular weight excluding hydrogens is 358 g/mol. The molecule has 0 aromatic carbocycles. The molecule has 0 radical (unpaired) electrons. The Bertz CT molecular complexity index is 585.